The third kappa shape index (κ3) is 4.29. The smallest absolute Gasteiger partial charge is 0.395 e. The first-order chi connectivity index (χ1) is 7.84. The summed E-state index contributed by atoms with van der Waals surface area (Å²) in [6.45, 7) is 1.15. The molecule has 0 aromatic heterocycles. The average Bonchev–Trinajstić information content (AvgIpc) is 2.25. The maximum atomic E-state index is 12.8. The van der Waals surface area contributed by atoms with Crippen molar-refractivity contribution in [2.24, 2.45) is 0 Å². The Morgan fingerprint density at radius 2 is 1.82 bits per heavy atom. The summed E-state index contributed by atoms with van der Waals surface area (Å²) in [6.07, 6.45) is -4.39. The van der Waals surface area contributed by atoms with E-state index in [1.54, 1.807) is 12.1 Å². The van der Waals surface area contributed by atoms with Crippen LogP contribution in [0.5, 0.6) is 0 Å². The van der Waals surface area contributed by atoms with Crippen LogP contribution in [0.1, 0.15) is 18.5 Å². The highest BCUT2D eigenvalue weighted by atomic mass is 79.9. The summed E-state index contributed by atoms with van der Waals surface area (Å²) in [5, 5.41) is 11.2. The Bertz CT molecular complexity index is 353. The van der Waals surface area contributed by atoms with Crippen LogP contribution in [0.3, 0.4) is 0 Å². The third-order valence-electron chi connectivity index (χ3n) is 2.26. The second kappa shape index (κ2) is 5.84. The molecule has 1 aromatic carbocycles. The van der Waals surface area contributed by atoms with Gasteiger partial charge in [0.2, 0.25) is 0 Å². The summed E-state index contributed by atoms with van der Waals surface area (Å²) >= 11 is 3.17. The number of aliphatic hydroxyl groups excluding tert-OH is 1. The Morgan fingerprint density at radius 3 is 2.24 bits per heavy atom. The number of hydrogen-bond acceptors (Lipinski definition) is 2. The zero-order valence-corrected chi connectivity index (χ0v) is 10.7. The number of alkyl halides is 3. The number of benzene rings is 1. The van der Waals surface area contributed by atoms with Gasteiger partial charge >= 0.3 is 6.18 Å². The Hall–Kier alpha value is -0.590. The van der Waals surface area contributed by atoms with Crippen molar-refractivity contribution in [3.05, 3.63) is 34.3 Å². The van der Waals surface area contributed by atoms with E-state index in [0.29, 0.717) is 0 Å². The first kappa shape index (κ1) is 14.5. The molecule has 0 amide bonds. The lowest BCUT2D eigenvalue weighted by atomic mass is 10.1. The fourth-order valence-electron chi connectivity index (χ4n) is 1.37. The molecule has 17 heavy (non-hydrogen) atoms. The van der Waals surface area contributed by atoms with E-state index in [1.165, 1.54) is 19.1 Å². The zero-order chi connectivity index (χ0) is 13.1. The van der Waals surface area contributed by atoms with Crippen molar-refractivity contribution in [2.45, 2.75) is 25.2 Å². The van der Waals surface area contributed by atoms with Crippen LogP contribution in [0.2, 0.25) is 0 Å². The van der Waals surface area contributed by atoms with Crippen molar-refractivity contribution in [2.75, 3.05) is 6.61 Å². The summed E-state index contributed by atoms with van der Waals surface area (Å²) in [5.41, 5.74) is 0.126. The minimum atomic E-state index is -4.39. The number of nitrogens with one attached hydrogen (secondary N) is 1. The van der Waals surface area contributed by atoms with Gasteiger partial charge in [-0.1, -0.05) is 28.1 Å². The molecular formula is C11H13BrF3NO. The molecule has 0 aliphatic heterocycles. The minimum Gasteiger partial charge on any atom is -0.395 e. The van der Waals surface area contributed by atoms with E-state index in [1.807, 2.05) is 0 Å². The molecule has 96 valence electrons. The summed E-state index contributed by atoms with van der Waals surface area (Å²) in [7, 11) is 0. The van der Waals surface area contributed by atoms with E-state index in [0.717, 1.165) is 4.47 Å². The van der Waals surface area contributed by atoms with Gasteiger partial charge < -0.3 is 5.11 Å². The van der Waals surface area contributed by atoms with Gasteiger partial charge in [0, 0.05) is 10.5 Å². The molecule has 0 saturated carbocycles. The van der Waals surface area contributed by atoms with Crippen molar-refractivity contribution < 1.29 is 18.3 Å². The van der Waals surface area contributed by atoms with Gasteiger partial charge in [0.05, 0.1) is 6.61 Å². The average molecular weight is 312 g/mol. The molecule has 0 radical (unpaired) electrons. The zero-order valence-electron chi connectivity index (χ0n) is 9.13. The molecule has 2 nitrogen and oxygen atoms in total. The standard InChI is InChI=1S/C11H13BrF3NO/c1-7(6-17)16-10(11(13,14)15)8-2-4-9(12)5-3-8/h2-5,7,10,16-17H,6H2,1H3/t7-,10?/m0/s1. The number of halogens is 4. The van der Waals surface area contributed by atoms with Gasteiger partial charge in [0.1, 0.15) is 6.04 Å². The van der Waals surface area contributed by atoms with Gasteiger partial charge in [0.15, 0.2) is 0 Å². The van der Waals surface area contributed by atoms with Gasteiger partial charge in [-0.05, 0) is 24.6 Å². The molecule has 1 aromatic rings. The highest BCUT2D eigenvalue weighted by Gasteiger charge is 2.41. The van der Waals surface area contributed by atoms with E-state index in [9.17, 15) is 13.2 Å². The van der Waals surface area contributed by atoms with Gasteiger partial charge in [-0.25, -0.2) is 0 Å². The number of hydrogen-bond donors (Lipinski definition) is 2. The molecule has 0 saturated heterocycles. The lowest BCUT2D eigenvalue weighted by Crippen LogP contribution is -2.40. The second-order valence-corrected chi connectivity index (χ2v) is 4.69. The van der Waals surface area contributed by atoms with Crippen LogP contribution in [-0.4, -0.2) is 23.9 Å². The van der Waals surface area contributed by atoms with Crippen LogP contribution in [0.4, 0.5) is 13.2 Å². The van der Waals surface area contributed by atoms with E-state index in [4.69, 9.17) is 5.11 Å². The minimum absolute atomic E-state index is 0.126. The van der Waals surface area contributed by atoms with Crippen LogP contribution < -0.4 is 5.32 Å². The summed E-state index contributed by atoms with van der Waals surface area (Å²) in [4.78, 5) is 0. The predicted molar refractivity (Wildman–Crippen MR) is 62.6 cm³/mol. The van der Waals surface area contributed by atoms with Gasteiger partial charge in [0.25, 0.3) is 0 Å². The topological polar surface area (TPSA) is 32.3 Å². The molecule has 0 fully saturated rings. The molecule has 1 rings (SSSR count). The molecule has 2 N–H and O–H groups in total. The first-order valence-electron chi connectivity index (χ1n) is 5.03. The monoisotopic (exact) mass is 311 g/mol. The molecule has 0 aliphatic rings. The fraction of sp³-hybridized carbons (Fsp3) is 0.455. The summed E-state index contributed by atoms with van der Waals surface area (Å²) in [6, 6.07) is 3.53. The number of rotatable bonds is 4. The molecule has 0 spiro atoms. The second-order valence-electron chi connectivity index (χ2n) is 3.78. The predicted octanol–water partition coefficient (Wildman–Crippen LogP) is 3.02. The van der Waals surface area contributed by atoms with Crippen molar-refractivity contribution >= 4 is 15.9 Å². The lowest BCUT2D eigenvalue weighted by Gasteiger charge is -2.25. The maximum Gasteiger partial charge on any atom is 0.407 e. The molecule has 6 heteroatoms. The molecular weight excluding hydrogens is 299 g/mol. The van der Waals surface area contributed by atoms with E-state index < -0.39 is 18.3 Å². The van der Waals surface area contributed by atoms with Gasteiger partial charge in [-0.2, -0.15) is 13.2 Å². The van der Waals surface area contributed by atoms with Crippen molar-refractivity contribution in [3.63, 3.8) is 0 Å². The quantitative estimate of drug-likeness (QED) is 0.896. The van der Waals surface area contributed by atoms with Crippen molar-refractivity contribution in [1.82, 2.24) is 5.32 Å². The third-order valence-corrected chi connectivity index (χ3v) is 2.78. The molecule has 0 aliphatic carbocycles. The van der Waals surface area contributed by atoms with Crippen LogP contribution in [-0.2, 0) is 0 Å². The van der Waals surface area contributed by atoms with Gasteiger partial charge in [-0.15, -0.1) is 0 Å². The van der Waals surface area contributed by atoms with Crippen LogP contribution in [0.25, 0.3) is 0 Å². The van der Waals surface area contributed by atoms with E-state index >= 15 is 0 Å². The van der Waals surface area contributed by atoms with E-state index in [-0.39, 0.29) is 12.2 Å². The van der Waals surface area contributed by atoms with Crippen LogP contribution in [0.15, 0.2) is 28.7 Å². The molecule has 0 bridgehead atoms. The van der Waals surface area contributed by atoms with Crippen LogP contribution in [0, 0.1) is 0 Å². The Balaban J connectivity index is 2.94. The highest BCUT2D eigenvalue weighted by molar-refractivity contribution is 9.10. The SMILES string of the molecule is C[C@@H](CO)NC(c1ccc(Br)cc1)C(F)(F)F. The Kier molecular flexibility index (Phi) is 4.97. The van der Waals surface area contributed by atoms with E-state index in [2.05, 4.69) is 21.2 Å². The fourth-order valence-corrected chi connectivity index (χ4v) is 1.64. The van der Waals surface area contributed by atoms with Crippen LogP contribution >= 0.6 is 15.9 Å². The largest absolute Gasteiger partial charge is 0.407 e. The number of aliphatic hydroxyl groups is 1. The lowest BCUT2D eigenvalue weighted by molar-refractivity contribution is -0.160. The normalized spacial score (nSPS) is 15.6. The van der Waals surface area contributed by atoms with Crippen molar-refractivity contribution in [3.8, 4) is 0 Å². The molecule has 2 atom stereocenters. The molecule has 1 unspecified atom stereocenters. The Morgan fingerprint density at radius 1 is 1.29 bits per heavy atom. The summed E-state index contributed by atoms with van der Waals surface area (Å²) in [5.74, 6) is 0. The first-order valence-corrected chi connectivity index (χ1v) is 5.83. The summed E-state index contributed by atoms with van der Waals surface area (Å²) < 4.78 is 39.3. The van der Waals surface area contributed by atoms with Crippen molar-refractivity contribution in [1.29, 1.82) is 0 Å². The maximum absolute atomic E-state index is 12.8. The molecule has 0 heterocycles. The van der Waals surface area contributed by atoms with Gasteiger partial charge in [-0.3, -0.25) is 5.32 Å². The Labute approximate surface area is 106 Å². The highest BCUT2D eigenvalue weighted by Crippen LogP contribution is 2.33.